The minimum absolute atomic E-state index is 0.101. The first-order valence-electron chi connectivity index (χ1n) is 3.66. The monoisotopic (exact) mass is 208 g/mol. The molecule has 0 bridgehead atoms. The van der Waals surface area contributed by atoms with Gasteiger partial charge in [-0.25, -0.2) is 4.79 Å². The van der Waals surface area contributed by atoms with Crippen molar-refractivity contribution in [2.45, 2.75) is 26.4 Å². The summed E-state index contributed by atoms with van der Waals surface area (Å²) in [7, 11) is -3.84. The summed E-state index contributed by atoms with van der Waals surface area (Å²) >= 11 is 0. The molecule has 0 spiro atoms. The largest absolute Gasteiger partial charge is 0.369 e. The Labute approximate surface area is 76.8 Å². The topological polar surface area (TPSA) is 72.8 Å². The van der Waals surface area contributed by atoms with E-state index in [4.69, 9.17) is 4.89 Å². The molecule has 0 amide bonds. The lowest BCUT2D eigenvalue weighted by atomic mass is 10.4. The van der Waals surface area contributed by atoms with E-state index in [-0.39, 0.29) is 5.57 Å². The van der Waals surface area contributed by atoms with Crippen LogP contribution in [-0.2, 0) is 18.9 Å². The molecule has 0 rings (SSSR count). The summed E-state index contributed by atoms with van der Waals surface area (Å²) in [5.41, 5.74) is -0.519. The van der Waals surface area contributed by atoms with Crippen LogP contribution in [0.15, 0.2) is 12.2 Å². The Morgan fingerprint density at radius 1 is 1.54 bits per heavy atom. The fourth-order valence-electron chi connectivity index (χ4n) is 0.244. The predicted octanol–water partition coefficient (Wildman–Crippen LogP) is 1.63. The van der Waals surface area contributed by atoms with Crippen LogP contribution >= 0.6 is 7.60 Å². The zero-order chi connectivity index (χ0) is 10.6. The van der Waals surface area contributed by atoms with Gasteiger partial charge >= 0.3 is 13.6 Å². The van der Waals surface area contributed by atoms with Gasteiger partial charge in [0.05, 0.1) is 5.66 Å². The molecule has 0 aromatic heterocycles. The summed E-state index contributed by atoms with van der Waals surface area (Å²) in [6, 6.07) is 0. The van der Waals surface area contributed by atoms with Crippen LogP contribution in [-0.4, -0.2) is 16.5 Å². The molecule has 6 heteroatoms. The first-order chi connectivity index (χ1) is 5.77. The summed E-state index contributed by atoms with van der Waals surface area (Å²) in [5, 5.41) is 0. The highest BCUT2D eigenvalue weighted by Gasteiger charge is 2.27. The molecule has 1 atom stereocenters. The molecular weight excluding hydrogens is 195 g/mol. The smallest absolute Gasteiger partial charge is 0.322 e. The van der Waals surface area contributed by atoms with Crippen LogP contribution in [0, 0.1) is 0 Å². The van der Waals surface area contributed by atoms with E-state index < -0.39 is 19.2 Å². The van der Waals surface area contributed by atoms with Gasteiger partial charge in [-0.15, -0.1) is 0 Å². The standard InChI is InChI=1S/C7H13O5P/c1-5(2)7(8)11-12-13(9,10)6(3)4/h6H,1H2,2-4H3,(H,9,10). The third-order valence-electron chi connectivity index (χ3n) is 1.22. The molecule has 0 saturated carbocycles. The molecule has 1 N–H and O–H groups in total. The Hall–Kier alpha value is -0.640. The van der Waals surface area contributed by atoms with Crippen molar-refractivity contribution >= 4 is 13.6 Å². The minimum atomic E-state index is -3.84. The van der Waals surface area contributed by atoms with Crippen molar-refractivity contribution in [2.24, 2.45) is 0 Å². The molecular formula is C7H13O5P. The minimum Gasteiger partial charge on any atom is -0.322 e. The lowest BCUT2D eigenvalue weighted by molar-refractivity contribution is -0.212. The van der Waals surface area contributed by atoms with Crippen LogP contribution in [0.2, 0.25) is 0 Å². The normalized spacial score (nSPS) is 15.2. The van der Waals surface area contributed by atoms with Gasteiger partial charge < -0.3 is 4.89 Å². The summed E-state index contributed by atoms with van der Waals surface area (Å²) in [4.78, 5) is 23.9. The van der Waals surface area contributed by atoms with Crippen LogP contribution in [0.1, 0.15) is 20.8 Å². The van der Waals surface area contributed by atoms with Gasteiger partial charge in [0.15, 0.2) is 0 Å². The van der Waals surface area contributed by atoms with Crippen molar-refractivity contribution < 1.29 is 23.8 Å². The van der Waals surface area contributed by atoms with Crippen molar-refractivity contribution in [3.8, 4) is 0 Å². The van der Waals surface area contributed by atoms with E-state index in [2.05, 4.69) is 16.1 Å². The molecule has 0 fully saturated rings. The number of hydrogen-bond acceptors (Lipinski definition) is 4. The van der Waals surface area contributed by atoms with Gasteiger partial charge in [-0.2, -0.15) is 0 Å². The maximum atomic E-state index is 11.1. The van der Waals surface area contributed by atoms with Crippen LogP contribution in [0.4, 0.5) is 0 Å². The van der Waals surface area contributed by atoms with Crippen LogP contribution in [0.5, 0.6) is 0 Å². The van der Waals surface area contributed by atoms with E-state index in [1.54, 1.807) is 0 Å². The SMILES string of the molecule is C=C(C)C(=O)OOP(=O)(O)C(C)C. The highest BCUT2D eigenvalue weighted by molar-refractivity contribution is 7.53. The van der Waals surface area contributed by atoms with Crippen molar-refractivity contribution in [2.75, 3.05) is 0 Å². The Kier molecular flexibility index (Phi) is 4.33. The fourth-order valence-corrected chi connectivity index (χ4v) is 0.591. The third-order valence-corrected chi connectivity index (χ3v) is 2.81. The van der Waals surface area contributed by atoms with Gasteiger partial charge in [0.25, 0.3) is 0 Å². The van der Waals surface area contributed by atoms with Crippen molar-refractivity contribution in [1.29, 1.82) is 0 Å². The molecule has 0 aliphatic carbocycles. The molecule has 1 unspecified atom stereocenters. The molecule has 5 nitrogen and oxygen atoms in total. The second-order valence-electron chi connectivity index (χ2n) is 2.88. The van der Waals surface area contributed by atoms with Gasteiger partial charge in [0.1, 0.15) is 0 Å². The number of carbonyl (C=O) groups excluding carboxylic acids is 1. The average Bonchev–Trinajstić information content (AvgIpc) is 1.99. The van der Waals surface area contributed by atoms with E-state index in [1.165, 1.54) is 20.8 Å². The summed E-state index contributed by atoms with van der Waals surface area (Å²) < 4.78 is 15.2. The van der Waals surface area contributed by atoms with Crippen LogP contribution in [0.25, 0.3) is 0 Å². The molecule has 13 heavy (non-hydrogen) atoms. The molecule has 0 aliphatic rings. The van der Waals surface area contributed by atoms with Crippen molar-refractivity contribution in [3.63, 3.8) is 0 Å². The summed E-state index contributed by atoms with van der Waals surface area (Å²) in [6.45, 7) is 7.64. The maximum Gasteiger partial charge on any atom is 0.369 e. The van der Waals surface area contributed by atoms with Gasteiger partial charge in [0.2, 0.25) is 0 Å². The van der Waals surface area contributed by atoms with Gasteiger partial charge in [-0.1, -0.05) is 25.1 Å². The first kappa shape index (κ1) is 12.4. The molecule has 0 aliphatic heterocycles. The number of carbonyl (C=O) groups is 1. The summed E-state index contributed by atoms with van der Waals surface area (Å²) in [5.74, 6) is -0.852. The molecule has 0 aromatic carbocycles. The lowest BCUT2D eigenvalue weighted by Crippen LogP contribution is -2.08. The van der Waals surface area contributed by atoms with E-state index >= 15 is 0 Å². The summed E-state index contributed by atoms with van der Waals surface area (Å²) in [6.07, 6.45) is 0. The average molecular weight is 208 g/mol. The zero-order valence-electron chi connectivity index (χ0n) is 7.81. The molecule has 0 aromatic rings. The lowest BCUT2D eigenvalue weighted by Gasteiger charge is -2.12. The first-order valence-corrected chi connectivity index (χ1v) is 5.30. The molecule has 0 radical (unpaired) electrons. The van der Waals surface area contributed by atoms with Gasteiger partial charge in [0, 0.05) is 5.57 Å². The van der Waals surface area contributed by atoms with E-state index in [9.17, 15) is 9.36 Å². The highest BCUT2D eigenvalue weighted by Crippen LogP contribution is 2.47. The Morgan fingerprint density at radius 2 is 2.00 bits per heavy atom. The maximum absolute atomic E-state index is 11.1. The Morgan fingerprint density at radius 3 is 2.31 bits per heavy atom. The van der Waals surface area contributed by atoms with Gasteiger partial charge in [-0.3, -0.25) is 9.45 Å². The predicted molar refractivity (Wildman–Crippen MR) is 47.0 cm³/mol. The third kappa shape index (κ3) is 4.22. The quantitative estimate of drug-likeness (QED) is 0.329. The van der Waals surface area contributed by atoms with Gasteiger partial charge in [-0.05, 0) is 6.92 Å². The van der Waals surface area contributed by atoms with Crippen molar-refractivity contribution in [3.05, 3.63) is 12.2 Å². The molecule has 0 saturated heterocycles. The Bertz CT molecular complexity index is 258. The Balaban J connectivity index is 4.11. The zero-order valence-corrected chi connectivity index (χ0v) is 8.71. The van der Waals surface area contributed by atoms with Crippen LogP contribution in [0.3, 0.4) is 0 Å². The van der Waals surface area contributed by atoms with E-state index in [0.717, 1.165) is 0 Å². The molecule has 0 heterocycles. The second kappa shape index (κ2) is 4.56. The van der Waals surface area contributed by atoms with Crippen molar-refractivity contribution in [1.82, 2.24) is 0 Å². The van der Waals surface area contributed by atoms with Crippen LogP contribution < -0.4 is 0 Å². The fraction of sp³-hybridized carbons (Fsp3) is 0.571. The highest BCUT2D eigenvalue weighted by atomic mass is 31.2. The number of hydrogen-bond donors (Lipinski definition) is 1. The second-order valence-corrected chi connectivity index (χ2v) is 5.19. The number of rotatable bonds is 4. The van der Waals surface area contributed by atoms with E-state index in [0.29, 0.717) is 0 Å². The molecule has 76 valence electrons. The van der Waals surface area contributed by atoms with E-state index in [1.807, 2.05) is 0 Å².